The van der Waals surface area contributed by atoms with E-state index in [2.05, 4.69) is 29.0 Å². The molecule has 1 N–H and O–H groups in total. The summed E-state index contributed by atoms with van der Waals surface area (Å²) in [6, 6.07) is 0.448. The fraction of sp³-hybridized carbons (Fsp3) is 0.727. The molecule has 0 atom stereocenters. The second-order valence-corrected chi connectivity index (χ2v) is 5.01. The summed E-state index contributed by atoms with van der Waals surface area (Å²) in [6.45, 7) is 6.86. The van der Waals surface area contributed by atoms with Crippen molar-refractivity contribution in [1.29, 1.82) is 0 Å². The van der Waals surface area contributed by atoms with Crippen molar-refractivity contribution in [2.24, 2.45) is 0 Å². The molecule has 1 rings (SSSR count). The van der Waals surface area contributed by atoms with Crippen molar-refractivity contribution in [3.05, 3.63) is 11.1 Å². The van der Waals surface area contributed by atoms with E-state index >= 15 is 0 Å². The van der Waals surface area contributed by atoms with Crippen LogP contribution in [0, 0.1) is 0 Å². The lowest BCUT2D eigenvalue weighted by molar-refractivity contribution is 0.204. The normalized spacial score (nSPS) is 11.1. The third-order valence-corrected chi connectivity index (χ3v) is 3.33. The first-order chi connectivity index (χ1) is 7.69. The number of thiazole rings is 1. The smallest absolute Gasteiger partial charge is 0.185 e. The van der Waals surface area contributed by atoms with Gasteiger partial charge in [-0.2, -0.15) is 0 Å². The van der Waals surface area contributed by atoms with Crippen LogP contribution in [0.5, 0.6) is 0 Å². The quantitative estimate of drug-likeness (QED) is 0.791. The van der Waals surface area contributed by atoms with Crippen LogP contribution in [0.2, 0.25) is 0 Å². The summed E-state index contributed by atoms with van der Waals surface area (Å²) in [4.78, 5) is 7.99. The number of nitrogens with one attached hydrogen (secondary N) is 1. The minimum atomic E-state index is 0.448. The maximum Gasteiger partial charge on any atom is 0.185 e. The fourth-order valence-corrected chi connectivity index (χ4v) is 2.53. The molecule has 4 nitrogen and oxygen atoms in total. The molecule has 1 aromatic heterocycles. The molecule has 0 saturated carbocycles. The van der Waals surface area contributed by atoms with Crippen LogP contribution in [0.3, 0.4) is 0 Å². The Morgan fingerprint density at radius 3 is 2.88 bits per heavy atom. The molecule has 0 aromatic carbocycles. The molecule has 0 unspecified atom stereocenters. The van der Waals surface area contributed by atoms with Gasteiger partial charge in [-0.15, -0.1) is 11.3 Å². The van der Waals surface area contributed by atoms with Crippen LogP contribution in [0.15, 0.2) is 6.20 Å². The number of hydrogen-bond donors (Lipinski definition) is 1. The molecule has 0 spiro atoms. The van der Waals surface area contributed by atoms with Crippen molar-refractivity contribution in [1.82, 2.24) is 10.3 Å². The lowest BCUT2D eigenvalue weighted by atomic mass is 10.3. The molecule has 0 radical (unpaired) electrons. The highest BCUT2D eigenvalue weighted by Gasteiger charge is 2.13. The Hall–Kier alpha value is -0.650. The Balaban J connectivity index is 2.68. The van der Waals surface area contributed by atoms with Crippen molar-refractivity contribution >= 4 is 16.5 Å². The molecule has 5 heteroatoms. The van der Waals surface area contributed by atoms with E-state index in [1.54, 1.807) is 18.4 Å². The third-order valence-electron chi connectivity index (χ3n) is 2.30. The van der Waals surface area contributed by atoms with Gasteiger partial charge in [-0.1, -0.05) is 0 Å². The van der Waals surface area contributed by atoms with Gasteiger partial charge in [0.05, 0.1) is 6.61 Å². The number of nitrogens with zero attached hydrogens (tertiary/aromatic N) is 2. The van der Waals surface area contributed by atoms with Crippen molar-refractivity contribution in [3.8, 4) is 0 Å². The summed E-state index contributed by atoms with van der Waals surface area (Å²) in [5, 5.41) is 4.22. The molecule has 0 saturated heterocycles. The number of anilines is 1. The molecule has 0 amide bonds. The minimum Gasteiger partial charge on any atom is -0.383 e. The second kappa shape index (κ2) is 6.83. The average Bonchev–Trinajstić information content (AvgIpc) is 2.67. The van der Waals surface area contributed by atoms with Gasteiger partial charge in [0.15, 0.2) is 5.13 Å². The molecule has 0 bridgehead atoms. The molecule has 0 aliphatic carbocycles. The molecule has 0 aliphatic heterocycles. The Morgan fingerprint density at radius 1 is 1.56 bits per heavy atom. The minimum absolute atomic E-state index is 0.448. The molecule has 16 heavy (non-hydrogen) atoms. The van der Waals surface area contributed by atoms with Gasteiger partial charge in [0.2, 0.25) is 0 Å². The highest BCUT2D eigenvalue weighted by Crippen LogP contribution is 2.23. The van der Waals surface area contributed by atoms with Crippen LogP contribution in [-0.4, -0.2) is 38.3 Å². The molecule has 92 valence electrons. The van der Waals surface area contributed by atoms with Gasteiger partial charge >= 0.3 is 0 Å². The summed E-state index contributed by atoms with van der Waals surface area (Å²) in [7, 11) is 3.68. The summed E-state index contributed by atoms with van der Waals surface area (Å²) in [6.07, 6.45) is 1.94. The monoisotopic (exact) mass is 243 g/mol. The second-order valence-electron chi connectivity index (χ2n) is 3.92. The average molecular weight is 243 g/mol. The van der Waals surface area contributed by atoms with E-state index in [0.717, 1.165) is 24.8 Å². The standard InChI is InChI=1S/C11H21N3OS/c1-9(2)14(5-6-15-4)11-13-8-10(16-11)7-12-3/h8-9,12H,5-7H2,1-4H3. The molecule has 0 fully saturated rings. The van der Waals surface area contributed by atoms with Gasteiger partial charge < -0.3 is 15.0 Å². The van der Waals surface area contributed by atoms with Gasteiger partial charge in [-0.05, 0) is 20.9 Å². The molecule has 1 aromatic rings. The Kier molecular flexibility index (Phi) is 5.73. The van der Waals surface area contributed by atoms with Crippen LogP contribution in [-0.2, 0) is 11.3 Å². The molecule has 0 aliphatic rings. The first kappa shape index (κ1) is 13.4. The van der Waals surface area contributed by atoms with Crippen LogP contribution >= 0.6 is 11.3 Å². The zero-order chi connectivity index (χ0) is 12.0. The van der Waals surface area contributed by atoms with Crippen LogP contribution in [0.4, 0.5) is 5.13 Å². The highest BCUT2D eigenvalue weighted by atomic mass is 32.1. The summed E-state index contributed by atoms with van der Waals surface area (Å²) < 4.78 is 5.12. The Bertz CT molecular complexity index is 301. The predicted molar refractivity (Wildman–Crippen MR) is 69.2 cm³/mol. The lowest BCUT2D eigenvalue weighted by Gasteiger charge is -2.25. The van der Waals surface area contributed by atoms with Crippen LogP contribution in [0.25, 0.3) is 0 Å². The van der Waals surface area contributed by atoms with Gasteiger partial charge in [-0.3, -0.25) is 0 Å². The van der Waals surface area contributed by atoms with Crippen molar-refractivity contribution in [3.63, 3.8) is 0 Å². The number of ether oxygens (including phenoxy) is 1. The lowest BCUT2D eigenvalue weighted by Crippen LogP contribution is -2.33. The van der Waals surface area contributed by atoms with Crippen LogP contribution in [0.1, 0.15) is 18.7 Å². The van der Waals surface area contributed by atoms with Crippen molar-refractivity contribution in [2.75, 3.05) is 32.2 Å². The number of methoxy groups -OCH3 is 1. The van der Waals surface area contributed by atoms with Crippen molar-refractivity contribution in [2.45, 2.75) is 26.4 Å². The first-order valence-corrected chi connectivity index (χ1v) is 6.35. The molecular weight excluding hydrogens is 222 g/mol. The summed E-state index contributed by atoms with van der Waals surface area (Å²) in [5.41, 5.74) is 0. The van der Waals surface area contributed by atoms with E-state index < -0.39 is 0 Å². The number of aromatic nitrogens is 1. The van der Waals surface area contributed by atoms with Gasteiger partial charge in [0, 0.05) is 37.3 Å². The molecular formula is C11H21N3OS. The predicted octanol–water partition coefficient (Wildman–Crippen LogP) is 1.72. The fourth-order valence-electron chi connectivity index (χ4n) is 1.45. The SMILES string of the molecule is CNCc1cnc(N(CCOC)C(C)C)s1. The topological polar surface area (TPSA) is 37.4 Å². The maximum absolute atomic E-state index is 5.12. The van der Waals surface area contributed by atoms with E-state index in [4.69, 9.17) is 4.74 Å². The summed E-state index contributed by atoms with van der Waals surface area (Å²) >= 11 is 1.74. The zero-order valence-corrected chi connectivity index (χ0v) is 11.3. The largest absolute Gasteiger partial charge is 0.383 e. The van der Waals surface area contributed by atoms with E-state index in [1.165, 1.54) is 4.88 Å². The number of rotatable bonds is 7. The first-order valence-electron chi connectivity index (χ1n) is 5.54. The van der Waals surface area contributed by atoms with E-state index in [-0.39, 0.29) is 0 Å². The van der Waals surface area contributed by atoms with Crippen molar-refractivity contribution < 1.29 is 4.74 Å². The van der Waals surface area contributed by atoms with E-state index in [1.807, 2.05) is 13.2 Å². The molecule has 1 heterocycles. The van der Waals surface area contributed by atoms with Gasteiger partial charge in [-0.25, -0.2) is 4.98 Å². The van der Waals surface area contributed by atoms with Gasteiger partial charge in [0.25, 0.3) is 0 Å². The zero-order valence-electron chi connectivity index (χ0n) is 10.5. The highest BCUT2D eigenvalue weighted by molar-refractivity contribution is 7.15. The Morgan fingerprint density at radius 2 is 2.31 bits per heavy atom. The van der Waals surface area contributed by atoms with Crippen LogP contribution < -0.4 is 10.2 Å². The number of hydrogen-bond acceptors (Lipinski definition) is 5. The maximum atomic E-state index is 5.12. The summed E-state index contributed by atoms with van der Waals surface area (Å²) in [5.74, 6) is 0. The van der Waals surface area contributed by atoms with E-state index in [0.29, 0.717) is 6.04 Å². The third kappa shape index (κ3) is 3.73. The Labute approximate surface area is 102 Å². The van der Waals surface area contributed by atoms with Gasteiger partial charge in [0.1, 0.15) is 0 Å². The van der Waals surface area contributed by atoms with E-state index in [9.17, 15) is 0 Å².